The molecule has 1 aromatic carbocycles. The van der Waals surface area contributed by atoms with Crippen LogP contribution in [0.3, 0.4) is 0 Å². The summed E-state index contributed by atoms with van der Waals surface area (Å²) in [5.41, 5.74) is 1.63. The Morgan fingerprint density at radius 1 is 1.06 bits per heavy atom. The fraction of sp³-hybridized carbons (Fsp3) is 0.417. The highest BCUT2D eigenvalue weighted by Gasteiger charge is 2.22. The molecule has 10 heteroatoms. The van der Waals surface area contributed by atoms with Gasteiger partial charge in [-0.2, -0.15) is 0 Å². The van der Waals surface area contributed by atoms with Crippen LogP contribution in [-0.4, -0.2) is 84.9 Å². The highest BCUT2D eigenvalue weighted by molar-refractivity contribution is 14.0. The van der Waals surface area contributed by atoms with Gasteiger partial charge in [0.05, 0.1) is 13.1 Å². The van der Waals surface area contributed by atoms with Crippen LogP contribution in [0.5, 0.6) is 0 Å². The van der Waals surface area contributed by atoms with E-state index in [0.717, 1.165) is 50.1 Å². The van der Waals surface area contributed by atoms with Crippen LogP contribution in [0.1, 0.15) is 22.8 Å². The Balaban J connectivity index is 0.00000324. The minimum atomic E-state index is -0.114. The summed E-state index contributed by atoms with van der Waals surface area (Å²) in [5, 5.41) is 6.14. The first-order chi connectivity index (χ1) is 16.1. The van der Waals surface area contributed by atoms with E-state index < -0.39 is 0 Å². The molecule has 2 N–H and O–H groups in total. The molecule has 2 amide bonds. The second kappa shape index (κ2) is 12.5. The van der Waals surface area contributed by atoms with Crippen molar-refractivity contribution in [3.63, 3.8) is 0 Å². The summed E-state index contributed by atoms with van der Waals surface area (Å²) in [6, 6.07) is 13.5. The third-order valence-corrected chi connectivity index (χ3v) is 5.83. The highest BCUT2D eigenvalue weighted by atomic mass is 127. The first kappa shape index (κ1) is 25.7. The highest BCUT2D eigenvalue weighted by Crippen LogP contribution is 2.14. The van der Waals surface area contributed by atoms with E-state index in [2.05, 4.69) is 32.3 Å². The van der Waals surface area contributed by atoms with Crippen molar-refractivity contribution in [2.75, 3.05) is 57.3 Å². The normalized spacial score (nSPS) is 16.6. The minimum absolute atomic E-state index is 0. The van der Waals surface area contributed by atoms with Crippen LogP contribution < -0.4 is 15.5 Å². The number of aromatic nitrogens is 1. The van der Waals surface area contributed by atoms with Gasteiger partial charge in [-0.25, -0.2) is 9.98 Å². The van der Waals surface area contributed by atoms with Crippen LogP contribution in [-0.2, 0) is 11.3 Å². The molecule has 34 heavy (non-hydrogen) atoms. The van der Waals surface area contributed by atoms with Crippen LogP contribution in [0.4, 0.5) is 5.82 Å². The Bertz CT molecular complexity index is 977. The minimum Gasteiger partial charge on any atom is -0.357 e. The molecular weight excluding hydrogens is 545 g/mol. The number of halogens is 1. The second-order valence-electron chi connectivity index (χ2n) is 8.11. The Kier molecular flexibility index (Phi) is 9.49. The maximum Gasteiger partial charge on any atom is 0.254 e. The van der Waals surface area contributed by atoms with Gasteiger partial charge in [-0.1, -0.05) is 18.2 Å². The molecule has 2 fully saturated rings. The third kappa shape index (κ3) is 6.58. The zero-order valence-electron chi connectivity index (χ0n) is 19.4. The number of pyridine rings is 1. The fourth-order valence-electron chi connectivity index (χ4n) is 4.03. The van der Waals surface area contributed by atoms with Gasteiger partial charge in [-0.15, -0.1) is 24.0 Å². The summed E-state index contributed by atoms with van der Waals surface area (Å²) in [5.74, 6) is 1.69. The van der Waals surface area contributed by atoms with Gasteiger partial charge >= 0.3 is 0 Å². The third-order valence-electron chi connectivity index (χ3n) is 5.83. The number of nitrogens with zero attached hydrogens (tertiary/aromatic N) is 5. The van der Waals surface area contributed by atoms with Gasteiger partial charge in [0, 0.05) is 57.6 Å². The van der Waals surface area contributed by atoms with E-state index >= 15 is 0 Å². The molecule has 2 aromatic rings. The summed E-state index contributed by atoms with van der Waals surface area (Å²) >= 11 is 0. The SMILES string of the molecule is CCNC(=NCc1ccc(C(=O)N2CCNC(=O)C2)cc1)N1CCN(c2ccccn2)CC1.I. The van der Waals surface area contributed by atoms with Crippen molar-refractivity contribution < 1.29 is 9.59 Å². The van der Waals surface area contributed by atoms with E-state index in [1.54, 1.807) is 4.90 Å². The number of anilines is 1. The van der Waals surface area contributed by atoms with E-state index in [4.69, 9.17) is 4.99 Å². The molecule has 1 aromatic heterocycles. The van der Waals surface area contributed by atoms with E-state index in [0.29, 0.717) is 25.2 Å². The van der Waals surface area contributed by atoms with Crippen LogP contribution in [0, 0.1) is 0 Å². The average Bonchev–Trinajstić information content (AvgIpc) is 2.87. The van der Waals surface area contributed by atoms with Gasteiger partial charge in [-0.3, -0.25) is 9.59 Å². The molecule has 4 rings (SSSR count). The number of aliphatic imine (C=N–C) groups is 1. The molecule has 3 heterocycles. The average molecular weight is 577 g/mol. The number of carbonyl (C=O) groups excluding carboxylic acids is 2. The number of carbonyl (C=O) groups is 2. The largest absolute Gasteiger partial charge is 0.357 e. The zero-order chi connectivity index (χ0) is 23.0. The van der Waals surface area contributed by atoms with Crippen LogP contribution in [0.2, 0.25) is 0 Å². The molecular formula is C24H32IN7O2. The van der Waals surface area contributed by atoms with Crippen LogP contribution >= 0.6 is 24.0 Å². The Morgan fingerprint density at radius 3 is 2.47 bits per heavy atom. The number of rotatable bonds is 5. The quantitative estimate of drug-likeness (QED) is 0.319. The predicted molar refractivity (Wildman–Crippen MR) is 144 cm³/mol. The number of amides is 2. The number of guanidine groups is 1. The molecule has 2 aliphatic heterocycles. The lowest BCUT2D eigenvalue weighted by molar-refractivity contribution is -0.123. The van der Waals surface area contributed by atoms with Crippen LogP contribution in [0.25, 0.3) is 0 Å². The Labute approximate surface area is 217 Å². The van der Waals surface area contributed by atoms with Crippen molar-refractivity contribution in [3.05, 3.63) is 59.8 Å². The van der Waals surface area contributed by atoms with Crippen molar-refractivity contribution in [2.45, 2.75) is 13.5 Å². The van der Waals surface area contributed by atoms with Gasteiger partial charge in [0.25, 0.3) is 5.91 Å². The lowest BCUT2D eigenvalue weighted by atomic mass is 10.1. The van der Waals surface area contributed by atoms with Crippen molar-refractivity contribution in [3.8, 4) is 0 Å². The van der Waals surface area contributed by atoms with E-state index in [1.165, 1.54) is 0 Å². The molecule has 0 aliphatic carbocycles. The molecule has 0 atom stereocenters. The number of hydrogen-bond donors (Lipinski definition) is 2. The summed E-state index contributed by atoms with van der Waals surface area (Å²) in [6.07, 6.45) is 1.83. The maximum absolute atomic E-state index is 12.6. The summed E-state index contributed by atoms with van der Waals surface area (Å²) in [7, 11) is 0. The van der Waals surface area contributed by atoms with Crippen LogP contribution in [0.15, 0.2) is 53.7 Å². The first-order valence-corrected chi connectivity index (χ1v) is 11.5. The molecule has 0 bridgehead atoms. The van der Waals surface area contributed by atoms with E-state index in [1.807, 2.05) is 48.7 Å². The summed E-state index contributed by atoms with van der Waals surface area (Å²) < 4.78 is 0. The monoisotopic (exact) mass is 577 g/mol. The summed E-state index contributed by atoms with van der Waals surface area (Å²) in [6.45, 7) is 8.10. The number of benzene rings is 1. The molecule has 2 saturated heterocycles. The molecule has 0 radical (unpaired) electrons. The summed E-state index contributed by atoms with van der Waals surface area (Å²) in [4.78, 5) is 39.6. The topological polar surface area (TPSA) is 93.2 Å². The standard InChI is InChI=1S/C24H31N7O2.HI/c1-2-25-24(30-15-13-29(14-16-30)21-5-3-4-10-26-21)28-17-19-6-8-20(9-7-19)23(33)31-12-11-27-22(32)18-31;/h3-10H,2,11-18H2,1H3,(H,25,28)(H,27,32);1H. The maximum atomic E-state index is 12.6. The van der Waals surface area contributed by atoms with Gasteiger partial charge in [0.15, 0.2) is 5.96 Å². The van der Waals surface area contributed by atoms with E-state index in [-0.39, 0.29) is 42.3 Å². The molecule has 0 spiro atoms. The van der Waals surface area contributed by atoms with Gasteiger partial charge < -0.3 is 25.3 Å². The zero-order valence-corrected chi connectivity index (χ0v) is 21.8. The fourth-order valence-corrected chi connectivity index (χ4v) is 4.03. The molecule has 0 unspecified atom stereocenters. The second-order valence-corrected chi connectivity index (χ2v) is 8.11. The molecule has 2 aliphatic rings. The predicted octanol–water partition coefficient (Wildman–Crippen LogP) is 1.56. The Hall–Kier alpha value is -2.89. The van der Waals surface area contributed by atoms with Crippen molar-refractivity contribution in [2.24, 2.45) is 4.99 Å². The molecule has 0 saturated carbocycles. The van der Waals surface area contributed by atoms with E-state index in [9.17, 15) is 9.59 Å². The smallest absolute Gasteiger partial charge is 0.254 e. The lowest BCUT2D eigenvalue weighted by Crippen LogP contribution is -2.52. The number of piperazine rings is 2. The van der Waals surface area contributed by atoms with Gasteiger partial charge in [-0.05, 0) is 36.8 Å². The lowest BCUT2D eigenvalue weighted by Gasteiger charge is -2.37. The van der Waals surface area contributed by atoms with Crippen molar-refractivity contribution in [1.29, 1.82) is 0 Å². The Morgan fingerprint density at radius 2 is 1.82 bits per heavy atom. The van der Waals surface area contributed by atoms with Gasteiger partial charge in [0.1, 0.15) is 5.82 Å². The van der Waals surface area contributed by atoms with Crippen molar-refractivity contribution in [1.82, 2.24) is 25.4 Å². The molecule has 182 valence electrons. The molecule has 9 nitrogen and oxygen atoms in total. The number of nitrogens with one attached hydrogen (secondary N) is 2. The van der Waals surface area contributed by atoms with Crippen molar-refractivity contribution >= 4 is 47.6 Å². The number of hydrogen-bond acceptors (Lipinski definition) is 5. The van der Waals surface area contributed by atoms with Gasteiger partial charge in [0.2, 0.25) is 5.91 Å². The first-order valence-electron chi connectivity index (χ1n) is 11.5.